The molecule has 162 valence electrons. The maximum Gasteiger partial charge on any atom is 0.240 e. The molecule has 2 heterocycles. The van der Waals surface area contributed by atoms with Gasteiger partial charge < -0.3 is 19.6 Å². The molecule has 1 unspecified atom stereocenters. The van der Waals surface area contributed by atoms with E-state index in [1.807, 2.05) is 69.7 Å². The van der Waals surface area contributed by atoms with Crippen LogP contribution in [0, 0.1) is 0 Å². The molecule has 6 nitrogen and oxygen atoms in total. The summed E-state index contributed by atoms with van der Waals surface area (Å²) in [6.07, 6.45) is 2.56. The monoisotopic (exact) mass is 418 g/mol. The van der Waals surface area contributed by atoms with E-state index in [-0.39, 0.29) is 5.91 Å². The SMILES string of the molecule is CN(C)CCNC(=O)C(C)(Cc1c[nH]c2ccccc12)NCc1cc2ccccc2o1. The summed E-state index contributed by atoms with van der Waals surface area (Å²) in [6, 6.07) is 18.1. The Morgan fingerprint density at radius 2 is 1.90 bits per heavy atom. The van der Waals surface area contributed by atoms with Gasteiger partial charge in [0.25, 0.3) is 0 Å². The number of rotatable bonds is 9. The number of hydrogen-bond acceptors (Lipinski definition) is 4. The normalized spacial score (nSPS) is 13.7. The second-order valence-electron chi connectivity index (χ2n) is 8.53. The van der Waals surface area contributed by atoms with Gasteiger partial charge in [-0.1, -0.05) is 36.4 Å². The van der Waals surface area contributed by atoms with Gasteiger partial charge in [-0.15, -0.1) is 0 Å². The Hall–Kier alpha value is -3.09. The summed E-state index contributed by atoms with van der Waals surface area (Å²) in [5.74, 6) is 0.795. The summed E-state index contributed by atoms with van der Waals surface area (Å²) in [5, 5.41) is 8.78. The van der Waals surface area contributed by atoms with Crippen LogP contribution in [-0.4, -0.2) is 48.5 Å². The number of carbonyl (C=O) groups excluding carboxylic acids is 1. The number of likely N-dealkylation sites (N-methyl/N-ethyl adjacent to an activating group) is 1. The van der Waals surface area contributed by atoms with E-state index in [4.69, 9.17) is 4.42 Å². The third kappa shape index (κ3) is 4.81. The molecule has 0 bridgehead atoms. The number of carbonyl (C=O) groups is 1. The minimum Gasteiger partial charge on any atom is -0.460 e. The number of aromatic nitrogens is 1. The molecule has 6 heteroatoms. The number of nitrogens with zero attached hydrogens (tertiary/aromatic N) is 1. The average molecular weight is 419 g/mol. The van der Waals surface area contributed by atoms with Crippen LogP contribution >= 0.6 is 0 Å². The Kier molecular flexibility index (Phi) is 6.11. The summed E-state index contributed by atoms with van der Waals surface area (Å²) in [5.41, 5.74) is 2.24. The van der Waals surface area contributed by atoms with Crippen LogP contribution in [0.3, 0.4) is 0 Å². The van der Waals surface area contributed by atoms with Crippen LogP contribution in [-0.2, 0) is 17.8 Å². The van der Waals surface area contributed by atoms with Crippen LogP contribution in [0.5, 0.6) is 0 Å². The fourth-order valence-electron chi connectivity index (χ4n) is 3.88. The second kappa shape index (κ2) is 8.96. The molecule has 1 amide bonds. The summed E-state index contributed by atoms with van der Waals surface area (Å²) in [6.45, 7) is 3.82. The molecule has 4 aromatic rings. The number of hydrogen-bond donors (Lipinski definition) is 3. The van der Waals surface area contributed by atoms with Gasteiger partial charge in [0.2, 0.25) is 5.91 Å². The van der Waals surface area contributed by atoms with E-state index in [1.165, 1.54) is 0 Å². The predicted octanol–water partition coefficient (Wildman–Crippen LogP) is 3.68. The first-order chi connectivity index (χ1) is 14.9. The molecule has 0 saturated heterocycles. The highest BCUT2D eigenvalue weighted by Crippen LogP contribution is 2.24. The molecule has 3 N–H and O–H groups in total. The van der Waals surface area contributed by atoms with Crippen LogP contribution in [0.1, 0.15) is 18.2 Å². The molecular weight excluding hydrogens is 388 g/mol. The summed E-state index contributed by atoms with van der Waals surface area (Å²) >= 11 is 0. The standard InChI is InChI=1S/C25H30N4O2/c1-25(24(30)26-12-13-29(2)3,15-19-16-27-22-10-6-5-9-21(19)22)28-17-20-14-18-8-4-7-11-23(18)31-20/h4-11,14,16,27-28H,12-13,15,17H2,1-3H3,(H,26,30). The third-order valence-electron chi connectivity index (χ3n) is 5.69. The molecule has 31 heavy (non-hydrogen) atoms. The molecule has 2 aromatic heterocycles. The van der Waals surface area contributed by atoms with E-state index >= 15 is 0 Å². The first kappa shape index (κ1) is 21.2. The molecule has 0 spiro atoms. The van der Waals surface area contributed by atoms with Crippen LogP contribution in [0.25, 0.3) is 21.9 Å². The van der Waals surface area contributed by atoms with E-state index < -0.39 is 5.54 Å². The Morgan fingerprint density at radius 1 is 1.13 bits per heavy atom. The Balaban J connectivity index is 1.55. The number of nitrogens with one attached hydrogen (secondary N) is 3. The lowest BCUT2D eigenvalue weighted by Gasteiger charge is -2.30. The van der Waals surface area contributed by atoms with Gasteiger partial charge >= 0.3 is 0 Å². The van der Waals surface area contributed by atoms with Crippen molar-refractivity contribution in [3.63, 3.8) is 0 Å². The number of benzene rings is 2. The topological polar surface area (TPSA) is 73.3 Å². The number of fused-ring (bicyclic) bond motifs is 2. The van der Waals surface area contributed by atoms with Crippen LogP contribution in [0.15, 0.2) is 65.2 Å². The summed E-state index contributed by atoms with van der Waals surface area (Å²) in [4.78, 5) is 18.6. The third-order valence-corrected chi connectivity index (χ3v) is 5.69. The number of amides is 1. The first-order valence-electron chi connectivity index (χ1n) is 10.7. The predicted molar refractivity (Wildman–Crippen MR) is 125 cm³/mol. The van der Waals surface area contributed by atoms with Gasteiger partial charge in [-0.05, 0) is 44.8 Å². The lowest BCUT2D eigenvalue weighted by Crippen LogP contribution is -2.56. The lowest BCUT2D eigenvalue weighted by atomic mass is 9.91. The molecule has 0 aliphatic carbocycles. The molecule has 0 radical (unpaired) electrons. The van der Waals surface area contributed by atoms with Crippen molar-refractivity contribution in [1.29, 1.82) is 0 Å². The Bertz CT molecular complexity index is 1140. The number of H-pyrrole nitrogens is 1. The van der Waals surface area contributed by atoms with E-state index in [1.54, 1.807) is 0 Å². The van der Waals surface area contributed by atoms with Gasteiger partial charge in [-0.25, -0.2) is 0 Å². The van der Waals surface area contributed by atoms with Gasteiger partial charge in [0.1, 0.15) is 11.3 Å². The quantitative estimate of drug-likeness (QED) is 0.388. The fraction of sp³-hybridized carbons (Fsp3) is 0.320. The molecule has 0 saturated carbocycles. The van der Waals surface area contributed by atoms with Crippen LogP contribution < -0.4 is 10.6 Å². The van der Waals surface area contributed by atoms with Crippen LogP contribution in [0.2, 0.25) is 0 Å². The highest BCUT2D eigenvalue weighted by molar-refractivity contribution is 5.89. The van der Waals surface area contributed by atoms with Crippen molar-refractivity contribution in [2.75, 3.05) is 27.2 Å². The van der Waals surface area contributed by atoms with Gasteiger partial charge in [-0.3, -0.25) is 10.1 Å². The Labute approximate surface area is 182 Å². The van der Waals surface area contributed by atoms with Gasteiger partial charge in [-0.2, -0.15) is 0 Å². The van der Waals surface area contributed by atoms with Crippen molar-refractivity contribution in [2.45, 2.75) is 25.4 Å². The van der Waals surface area contributed by atoms with Crippen molar-refractivity contribution < 1.29 is 9.21 Å². The average Bonchev–Trinajstić information content (AvgIpc) is 3.36. The van der Waals surface area contributed by atoms with E-state index in [0.29, 0.717) is 19.5 Å². The van der Waals surface area contributed by atoms with Crippen molar-refractivity contribution in [1.82, 2.24) is 20.5 Å². The van der Waals surface area contributed by atoms with Crippen LogP contribution in [0.4, 0.5) is 0 Å². The number of aromatic amines is 1. The van der Waals surface area contributed by atoms with Gasteiger partial charge in [0.05, 0.1) is 12.1 Å². The molecule has 0 aliphatic heterocycles. The number of para-hydroxylation sites is 2. The molecule has 0 fully saturated rings. The zero-order chi connectivity index (χ0) is 21.8. The van der Waals surface area contributed by atoms with Gasteiger partial charge in [0, 0.05) is 42.0 Å². The van der Waals surface area contributed by atoms with Crippen molar-refractivity contribution in [2.24, 2.45) is 0 Å². The van der Waals surface area contributed by atoms with Crippen molar-refractivity contribution >= 4 is 27.8 Å². The highest BCUT2D eigenvalue weighted by Gasteiger charge is 2.34. The largest absolute Gasteiger partial charge is 0.460 e. The van der Waals surface area contributed by atoms with E-state index in [9.17, 15) is 4.79 Å². The smallest absolute Gasteiger partial charge is 0.240 e. The van der Waals surface area contributed by atoms with E-state index in [2.05, 4.69) is 32.7 Å². The van der Waals surface area contributed by atoms with E-state index in [0.717, 1.165) is 39.7 Å². The maximum atomic E-state index is 13.3. The Morgan fingerprint density at radius 3 is 2.71 bits per heavy atom. The molecule has 4 rings (SSSR count). The molecule has 2 aromatic carbocycles. The van der Waals surface area contributed by atoms with Gasteiger partial charge in [0.15, 0.2) is 0 Å². The zero-order valence-corrected chi connectivity index (χ0v) is 18.4. The molecular formula is C25H30N4O2. The highest BCUT2D eigenvalue weighted by atomic mass is 16.3. The lowest BCUT2D eigenvalue weighted by molar-refractivity contribution is -0.127. The molecule has 1 atom stereocenters. The fourth-order valence-corrected chi connectivity index (χ4v) is 3.88. The zero-order valence-electron chi connectivity index (χ0n) is 18.4. The maximum absolute atomic E-state index is 13.3. The number of furan rings is 1. The second-order valence-corrected chi connectivity index (χ2v) is 8.53. The molecule has 0 aliphatic rings. The van der Waals surface area contributed by atoms with Crippen molar-refractivity contribution in [3.8, 4) is 0 Å². The summed E-state index contributed by atoms with van der Waals surface area (Å²) < 4.78 is 5.95. The summed E-state index contributed by atoms with van der Waals surface area (Å²) in [7, 11) is 3.99. The minimum atomic E-state index is -0.795. The van der Waals surface area contributed by atoms with Crippen molar-refractivity contribution in [3.05, 3.63) is 72.1 Å². The first-order valence-corrected chi connectivity index (χ1v) is 10.7. The minimum absolute atomic E-state index is 0.0178.